The summed E-state index contributed by atoms with van der Waals surface area (Å²) >= 11 is 0. The highest BCUT2D eigenvalue weighted by molar-refractivity contribution is 6.24. The number of piperazine rings is 1. The van der Waals surface area contributed by atoms with Crippen molar-refractivity contribution < 1.29 is 42.2 Å². The molecule has 16 nitrogen and oxygen atoms in total. The zero-order chi connectivity index (χ0) is 50.2. The molecule has 3 unspecified atom stereocenters. The molecule has 0 radical (unpaired) electrons. The van der Waals surface area contributed by atoms with Gasteiger partial charge in [0.1, 0.15) is 36.6 Å². The zero-order valence-corrected chi connectivity index (χ0v) is 40.3. The third kappa shape index (κ3) is 8.12. The number of fused-ring (bicyclic) bond motifs is 6. The Morgan fingerprint density at radius 1 is 0.986 bits per heavy atom. The van der Waals surface area contributed by atoms with Gasteiger partial charge in [0, 0.05) is 87.9 Å². The highest BCUT2D eigenvalue weighted by Gasteiger charge is 2.52. The summed E-state index contributed by atoms with van der Waals surface area (Å²) < 4.78 is 45.2. The third-order valence-electron chi connectivity index (χ3n) is 15.7. The first-order chi connectivity index (χ1) is 34.7. The lowest BCUT2D eigenvalue weighted by Gasteiger charge is -2.38. The highest BCUT2D eigenvalue weighted by Crippen LogP contribution is 2.46. The summed E-state index contributed by atoms with van der Waals surface area (Å²) in [5.74, 6) is -0.263. The summed E-state index contributed by atoms with van der Waals surface area (Å²) in [5.41, 5.74) is 3.15. The molecule has 0 spiro atoms. The Kier molecular flexibility index (Phi) is 12.1. The van der Waals surface area contributed by atoms with Gasteiger partial charge in [-0.05, 0) is 74.4 Å². The Balaban J connectivity index is 0.776. The van der Waals surface area contributed by atoms with Crippen molar-refractivity contribution in [2.24, 2.45) is 0 Å². The molecule has 5 fully saturated rings. The van der Waals surface area contributed by atoms with E-state index in [0.717, 1.165) is 36.2 Å². The number of ether oxygens (including phenoxy) is 2. The van der Waals surface area contributed by atoms with Crippen molar-refractivity contribution in [2.75, 3.05) is 58.4 Å². The van der Waals surface area contributed by atoms with E-state index >= 15 is 8.78 Å². The number of aromatic nitrogens is 2. The second-order valence-corrected chi connectivity index (χ2v) is 20.3. The predicted molar refractivity (Wildman–Crippen MR) is 263 cm³/mol. The Hall–Kier alpha value is -7.23. The van der Waals surface area contributed by atoms with Crippen LogP contribution in [0.1, 0.15) is 100 Å². The molecule has 372 valence electrons. The van der Waals surface area contributed by atoms with Crippen LogP contribution >= 0.6 is 0 Å². The van der Waals surface area contributed by atoms with E-state index in [1.807, 2.05) is 11.0 Å². The summed E-state index contributed by atoms with van der Waals surface area (Å²) in [6.45, 7) is 7.25. The van der Waals surface area contributed by atoms with Crippen LogP contribution in [0.5, 0.6) is 6.01 Å². The number of carbonyl (C=O) groups excluding carboxylic acids is 5. The van der Waals surface area contributed by atoms with Crippen molar-refractivity contribution in [2.45, 2.75) is 94.0 Å². The van der Waals surface area contributed by atoms with E-state index < -0.39 is 52.9 Å². The van der Waals surface area contributed by atoms with E-state index in [1.54, 1.807) is 50.5 Å². The summed E-state index contributed by atoms with van der Waals surface area (Å²) in [7, 11) is 3.45. The molecule has 5 saturated heterocycles. The average Bonchev–Trinajstić information content (AvgIpc) is 4.07. The fourth-order valence-electron chi connectivity index (χ4n) is 12.3. The van der Waals surface area contributed by atoms with Crippen LogP contribution in [0.4, 0.5) is 19.4 Å². The van der Waals surface area contributed by atoms with Gasteiger partial charge in [-0.2, -0.15) is 9.97 Å². The van der Waals surface area contributed by atoms with E-state index in [2.05, 4.69) is 32.9 Å². The molecule has 2 N–H and O–H groups in total. The van der Waals surface area contributed by atoms with E-state index in [1.165, 1.54) is 11.0 Å². The summed E-state index contributed by atoms with van der Waals surface area (Å²) in [6, 6.07) is 12.8. The maximum absolute atomic E-state index is 17.5. The SMILES string of the molecule is C#Cc1c(F)ccc2cccc(C3=C(F)c4nc(OC[C@@]56CC[C@@H](COC(=O)N(C)CCCc7cccc8c7C(=O)N(C7CCC(=O)NC7=O)C8=O)N5CC(=C)C6)nc(N5CC6CCC(C5)N6)c4CN3C)c12. The predicted octanol–water partition coefficient (Wildman–Crippen LogP) is 5.58. The smallest absolute Gasteiger partial charge is 0.409 e. The fourth-order valence-corrected chi connectivity index (χ4v) is 12.3. The van der Waals surface area contributed by atoms with Gasteiger partial charge in [-0.1, -0.05) is 54.5 Å². The van der Waals surface area contributed by atoms with E-state index in [4.69, 9.17) is 25.9 Å². The second-order valence-electron chi connectivity index (χ2n) is 20.3. The standard InChI is InChI=1S/C54H55F2N9O7/c1-5-36-40(55)17-14-32-10-6-12-37(43(32)36)47-45(56)46-39(27-62(47)4)48(63-25-33-15-16-34(26-63)57-33)60-52(59-46)72-29-54-21-20-35(64(54)24-30(2)23-54)28-71-53(70)61(3)22-8-11-31-9-7-13-38-44(31)51(69)65(50(38)68)41-18-19-42(66)58-49(41)67/h1,6-7,9-10,12-14,17,33-35,41,57H,2,8,11,15-16,18-29H2,3-4H3,(H,58,66,67)/t33?,34?,35-,41?,54-/m0/s1. The number of hydrogen-bond acceptors (Lipinski definition) is 13. The minimum Gasteiger partial charge on any atom is -0.461 e. The van der Waals surface area contributed by atoms with Crippen LogP contribution in [-0.2, 0) is 27.3 Å². The molecule has 2 bridgehead atoms. The minimum absolute atomic E-state index is 0.0319. The summed E-state index contributed by atoms with van der Waals surface area (Å²) in [6.07, 6.45) is 10.5. The van der Waals surface area contributed by atoms with Gasteiger partial charge < -0.3 is 29.5 Å². The van der Waals surface area contributed by atoms with Gasteiger partial charge in [-0.3, -0.25) is 34.3 Å². The van der Waals surface area contributed by atoms with Crippen LogP contribution in [0.25, 0.3) is 22.3 Å². The number of aryl methyl sites for hydroxylation is 1. The molecule has 5 amide bonds. The van der Waals surface area contributed by atoms with Gasteiger partial charge in [-0.15, -0.1) is 6.42 Å². The monoisotopic (exact) mass is 979 g/mol. The van der Waals surface area contributed by atoms with Gasteiger partial charge in [-0.25, -0.2) is 13.6 Å². The van der Waals surface area contributed by atoms with Gasteiger partial charge in [0.15, 0.2) is 5.83 Å². The molecule has 0 aliphatic carbocycles. The zero-order valence-electron chi connectivity index (χ0n) is 40.3. The molecule has 3 aromatic carbocycles. The number of halogens is 2. The topological polar surface area (TPSA) is 170 Å². The number of terminal acetylenes is 1. The second kappa shape index (κ2) is 18.4. The molecule has 7 aliphatic rings. The third-order valence-corrected chi connectivity index (χ3v) is 15.7. The molecule has 7 aliphatic heterocycles. The van der Waals surface area contributed by atoms with Crippen molar-refractivity contribution in [3.63, 3.8) is 0 Å². The molecule has 72 heavy (non-hydrogen) atoms. The van der Waals surface area contributed by atoms with E-state index in [-0.39, 0.29) is 78.3 Å². The number of imide groups is 2. The molecule has 18 heteroatoms. The summed E-state index contributed by atoms with van der Waals surface area (Å²) in [5, 5.41) is 7.04. The molecule has 1 aromatic heterocycles. The normalized spacial score (nSPS) is 24.7. The van der Waals surface area contributed by atoms with Crippen LogP contribution in [-0.4, -0.2) is 142 Å². The van der Waals surface area contributed by atoms with Crippen LogP contribution in [0.2, 0.25) is 0 Å². The van der Waals surface area contributed by atoms with Crippen molar-refractivity contribution in [1.29, 1.82) is 0 Å². The quantitative estimate of drug-likeness (QED) is 0.103. The maximum Gasteiger partial charge on any atom is 0.409 e. The number of hydrogen-bond donors (Lipinski definition) is 2. The van der Waals surface area contributed by atoms with Gasteiger partial charge >= 0.3 is 12.1 Å². The summed E-state index contributed by atoms with van der Waals surface area (Å²) in [4.78, 5) is 83.3. The largest absolute Gasteiger partial charge is 0.461 e. The number of nitrogens with zero attached hydrogens (tertiary/aromatic N) is 7. The Bertz CT molecular complexity index is 3070. The first-order valence-electron chi connectivity index (χ1n) is 24.7. The lowest BCUT2D eigenvalue weighted by Crippen LogP contribution is -2.54. The Morgan fingerprint density at radius 2 is 1.76 bits per heavy atom. The van der Waals surface area contributed by atoms with Crippen LogP contribution in [0, 0.1) is 18.2 Å². The van der Waals surface area contributed by atoms with Crippen molar-refractivity contribution in [1.82, 2.24) is 40.2 Å². The van der Waals surface area contributed by atoms with Crippen molar-refractivity contribution in [3.05, 3.63) is 106 Å². The molecule has 5 atom stereocenters. The highest BCUT2D eigenvalue weighted by atomic mass is 19.1. The molecular weight excluding hydrogens is 925 g/mol. The lowest BCUT2D eigenvalue weighted by molar-refractivity contribution is -0.136. The number of amides is 5. The first kappa shape index (κ1) is 47.1. The van der Waals surface area contributed by atoms with Gasteiger partial charge in [0.25, 0.3) is 11.8 Å². The fraction of sp³-hybridized carbons (Fsp3) is 0.426. The molecule has 4 aromatic rings. The molecule has 0 saturated carbocycles. The number of benzene rings is 3. The average molecular weight is 980 g/mol. The number of rotatable bonds is 12. The molecule has 11 rings (SSSR count). The van der Waals surface area contributed by atoms with Crippen LogP contribution in [0.3, 0.4) is 0 Å². The number of nitrogens with one attached hydrogen (secondary N) is 2. The maximum atomic E-state index is 17.5. The lowest BCUT2D eigenvalue weighted by atomic mass is 9.93. The number of anilines is 1. The van der Waals surface area contributed by atoms with Crippen LogP contribution in [0.15, 0.2) is 60.7 Å². The molecular formula is C54H55F2N9O7. The van der Waals surface area contributed by atoms with E-state index in [0.29, 0.717) is 85.3 Å². The minimum atomic E-state index is -1.06. The van der Waals surface area contributed by atoms with E-state index in [9.17, 15) is 24.0 Å². The van der Waals surface area contributed by atoms with Crippen molar-refractivity contribution >= 4 is 57.8 Å². The Morgan fingerprint density at radius 3 is 2.54 bits per heavy atom. The van der Waals surface area contributed by atoms with Gasteiger partial charge in [0.05, 0.1) is 27.9 Å². The number of piperidine rings is 1. The van der Waals surface area contributed by atoms with Gasteiger partial charge in [0.2, 0.25) is 11.8 Å². The molecule has 8 heterocycles. The first-order valence-corrected chi connectivity index (χ1v) is 24.7. The van der Waals surface area contributed by atoms with Crippen molar-refractivity contribution in [3.8, 4) is 18.4 Å². The van der Waals surface area contributed by atoms with Crippen LogP contribution < -0.4 is 20.3 Å². The Labute approximate surface area is 415 Å². The number of carbonyl (C=O) groups is 5.